The second kappa shape index (κ2) is 6.99. The fraction of sp³-hybridized carbons (Fsp3) is 0.733. The van der Waals surface area contributed by atoms with Crippen molar-refractivity contribution in [2.45, 2.75) is 63.7 Å². The summed E-state index contributed by atoms with van der Waals surface area (Å²) in [6, 6.07) is 0.517. The maximum Gasteiger partial charge on any atom is 0.137 e. The molecule has 1 aliphatic carbocycles. The molecule has 1 aliphatic rings. The molecule has 2 rings (SSSR count). The third kappa shape index (κ3) is 3.79. The summed E-state index contributed by atoms with van der Waals surface area (Å²) in [6.07, 6.45) is 7.20. The summed E-state index contributed by atoms with van der Waals surface area (Å²) in [6.45, 7) is 6.17. The van der Waals surface area contributed by atoms with Gasteiger partial charge in [-0.1, -0.05) is 25.4 Å². The molecule has 0 atom stereocenters. The topological polar surface area (TPSA) is 37.8 Å². The van der Waals surface area contributed by atoms with E-state index >= 15 is 0 Å². The third-order valence-corrected chi connectivity index (χ3v) is 5.47. The van der Waals surface area contributed by atoms with Crippen molar-refractivity contribution < 1.29 is 0 Å². The minimum absolute atomic E-state index is 0.292. The van der Waals surface area contributed by atoms with E-state index in [0.717, 1.165) is 22.5 Å². The van der Waals surface area contributed by atoms with Gasteiger partial charge in [-0.15, -0.1) is 0 Å². The number of rotatable bonds is 4. The lowest BCUT2D eigenvalue weighted by atomic mass is 9.95. The summed E-state index contributed by atoms with van der Waals surface area (Å²) in [4.78, 5) is 9.02. The molecular weight excluding hydrogens is 290 g/mol. The van der Waals surface area contributed by atoms with Crippen LogP contribution in [0.2, 0.25) is 5.15 Å². The minimum atomic E-state index is 0.292. The van der Waals surface area contributed by atoms with E-state index in [9.17, 15) is 0 Å². The summed E-state index contributed by atoms with van der Waals surface area (Å²) >= 11 is 8.22. The van der Waals surface area contributed by atoms with Crippen LogP contribution >= 0.6 is 23.4 Å². The number of hydrogen-bond acceptors (Lipinski definition) is 4. The number of hydrogen-bond donors (Lipinski definition) is 1. The fourth-order valence-electron chi connectivity index (χ4n) is 2.54. The van der Waals surface area contributed by atoms with E-state index in [-0.39, 0.29) is 0 Å². The first-order valence-corrected chi connectivity index (χ1v) is 9.01. The van der Waals surface area contributed by atoms with Crippen LogP contribution in [0.5, 0.6) is 0 Å². The van der Waals surface area contributed by atoms with Gasteiger partial charge < -0.3 is 5.32 Å². The van der Waals surface area contributed by atoms with Crippen molar-refractivity contribution in [3.8, 4) is 0 Å². The van der Waals surface area contributed by atoms with Crippen molar-refractivity contribution in [3.05, 3.63) is 16.5 Å². The third-order valence-electron chi connectivity index (χ3n) is 3.97. The van der Waals surface area contributed by atoms with Crippen molar-refractivity contribution in [1.82, 2.24) is 9.97 Å². The van der Waals surface area contributed by atoms with Crippen molar-refractivity contribution in [3.63, 3.8) is 0 Å². The SMILES string of the molecule is CSC1CCC(Nc2nc(C(C)C)nc(Cl)c2C)CC1. The van der Waals surface area contributed by atoms with Gasteiger partial charge in [-0.25, -0.2) is 9.97 Å². The number of nitrogens with one attached hydrogen (secondary N) is 1. The van der Waals surface area contributed by atoms with Gasteiger partial charge in [-0.05, 0) is 38.9 Å². The van der Waals surface area contributed by atoms with Crippen molar-refractivity contribution in [2.24, 2.45) is 0 Å². The zero-order valence-electron chi connectivity index (χ0n) is 12.7. The molecule has 5 heteroatoms. The van der Waals surface area contributed by atoms with Crippen LogP contribution in [-0.4, -0.2) is 27.5 Å². The molecule has 1 aromatic rings. The Morgan fingerprint density at radius 1 is 1.20 bits per heavy atom. The predicted octanol–water partition coefficient (Wildman–Crippen LogP) is 4.65. The molecule has 1 heterocycles. The molecule has 1 saturated carbocycles. The zero-order chi connectivity index (χ0) is 14.7. The maximum atomic E-state index is 6.23. The van der Waals surface area contributed by atoms with Crippen LogP contribution in [0.1, 0.15) is 56.8 Å². The first kappa shape index (κ1) is 15.9. The second-order valence-corrected chi connectivity index (χ2v) is 7.35. The molecule has 1 aromatic heterocycles. The Morgan fingerprint density at radius 3 is 2.40 bits per heavy atom. The molecule has 0 radical (unpaired) electrons. The fourth-order valence-corrected chi connectivity index (χ4v) is 3.46. The molecule has 3 nitrogen and oxygen atoms in total. The lowest BCUT2D eigenvalue weighted by molar-refractivity contribution is 0.471. The van der Waals surface area contributed by atoms with Crippen LogP contribution in [0.15, 0.2) is 0 Å². The van der Waals surface area contributed by atoms with Gasteiger partial charge >= 0.3 is 0 Å². The van der Waals surface area contributed by atoms with E-state index in [0.29, 0.717) is 17.1 Å². The number of halogens is 1. The molecule has 1 N–H and O–H groups in total. The van der Waals surface area contributed by atoms with Gasteiger partial charge in [-0.3, -0.25) is 0 Å². The summed E-state index contributed by atoms with van der Waals surface area (Å²) in [7, 11) is 0. The predicted molar refractivity (Wildman–Crippen MR) is 89.0 cm³/mol. The van der Waals surface area contributed by atoms with E-state index in [1.54, 1.807) is 0 Å². The van der Waals surface area contributed by atoms with Crippen LogP contribution in [0, 0.1) is 6.92 Å². The van der Waals surface area contributed by atoms with E-state index in [2.05, 4.69) is 35.4 Å². The van der Waals surface area contributed by atoms with Gasteiger partial charge in [0.25, 0.3) is 0 Å². The molecule has 1 fully saturated rings. The Hall–Kier alpha value is -0.480. The molecule has 112 valence electrons. The molecule has 0 aliphatic heterocycles. The molecular formula is C15H24ClN3S. The van der Waals surface area contributed by atoms with Gasteiger partial charge in [0.1, 0.15) is 16.8 Å². The van der Waals surface area contributed by atoms with Crippen molar-refractivity contribution >= 4 is 29.2 Å². The first-order chi connectivity index (χ1) is 9.51. The lowest BCUT2D eigenvalue weighted by Crippen LogP contribution is -2.28. The molecule has 0 bridgehead atoms. The second-order valence-electron chi connectivity index (χ2n) is 5.85. The van der Waals surface area contributed by atoms with Gasteiger partial charge in [-0.2, -0.15) is 11.8 Å². The van der Waals surface area contributed by atoms with Crippen molar-refractivity contribution in [2.75, 3.05) is 11.6 Å². The average molecular weight is 314 g/mol. The molecule has 0 aromatic carbocycles. The largest absolute Gasteiger partial charge is 0.367 e. The van der Waals surface area contributed by atoms with E-state index in [1.807, 2.05) is 18.7 Å². The van der Waals surface area contributed by atoms with Crippen molar-refractivity contribution in [1.29, 1.82) is 0 Å². The van der Waals surface area contributed by atoms with E-state index < -0.39 is 0 Å². The normalized spacial score (nSPS) is 23.1. The van der Waals surface area contributed by atoms with Crippen LogP contribution in [0.25, 0.3) is 0 Å². The highest BCUT2D eigenvalue weighted by Gasteiger charge is 2.22. The lowest BCUT2D eigenvalue weighted by Gasteiger charge is -2.29. The van der Waals surface area contributed by atoms with Crippen LogP contribution in [-0.2, 0) is 0 Å². The average Bonchev–Trinajstić information content (AvgIpc) is 2.44. The Kier molecular flexibility index (Phi) is 5.56. The Morgan fingerprint density at radius 2 is 1.85 bits per heavy atom. The minimum Gasteiger partial charge on any atom is -0.367 e. The summed E-state index contributed by atoms with van der Waals surface area (Å²) < 4.78 is 0. The quantitative estimate of drug-likeness (QED) is 0.821. The van der Waals surface area contributed by atoms with Gasteiger partial charge in [0.15, 0.2) is 0 Å². The van der Waals surface area contributed by atoms with Gasteiger partial charge in [0, 0.05) is 22.8 Å². The molecule has 0 spiro atoms. The molecule has 0 amide bonds. The monoisotopic (exact) mass is 313 g/mol. The Labute approximate surface area is 131 Å². The van der Waals surface area contributed by atoms with Gasteiger partial charge in [0.2, 0.25) is 0 Å². The number of aromatic nitrogens is 2. The Balaban J connectivity index is 2.09. The van der Waals surface area contributed by atoms with E-state index in [4.69, 9.17) is 11.6 Å². The zero-order valence-corrected chi connectivity index (χ0v) is 14.3. The number of anilines is 1. The van der Waals surface area contributed by atoms with Crippen LogP contribution < -0.4 is 5.32 Å². The first-order valence-electron chi connectivity index (χ1n) is 7.34. The smallest absolute Gasteiger partial charge is 0.137 e. The number of thioether (sulfide) groups is 1. The highest BCUT2D eigenvalue weighted by molar-refractivity contribution is 7.99. The van der Waals surface area contributed by atoms with Crippen LogP contribution in [0.3, 0.4) is 0 Å². The van der Waals surface area contributed by atoms with Crippen LogP contribution in [0.4, 0.5) is 5.82 Å². The molecule has 0 unspecified atom stereocenters. The summed E-state index contributed by atoms with van der Waals surface area (Å²) in [5.74, 6) is 2.03. The standard InChI is InChI=1S/C15H24ClN3S/c1-9(2)14-18-13(16)10(3)15(19-14)17-11-5-7-12(20-4)8-6-11/h9,11-12H,5-8H2,1-4H3,(H,17,18,19). The van der Waals surface area contributed by atoms with E-state index in [1.165, 1.54) is 25.7 Å². The highest BCUT2D eigenvalue weighted by Crippen LogP contribution is 2.30. The highest BCUT2D eigenvalue weighted by atomic mass is 35.5. The van der Waals surface area contributed by atoms with Gasteiger partial charge in [0.05, 0.1) is 0 Å². The maximum absolute atomic E-state index is 6.23. The summed E-state index contributed by atoms with van der Waals surface area (Å²) in [5.41, 5.74) is 0.961. The molecule has 0 saturated heterocycles. The summed E-state index contributed by atoms with van der Waals surface area (Å²) in [5, 5.41) is 4.99. The molecule has 20 heavy (non-hydrogen) atoms. The Bertz CT molecular complexity index is 457. The number of nitrogens with zero attached hydrogens (tertiary/aromatic N) is 2.